The monoisotopic (exact) mass is 372 g/mol. The third-order valence-electron chi connectivity index (χ3n) is 4.61. The number of methoxy groups -OCH3 is 1. The van der Waals surface area contributed by atoms with Crippen LogP contribution in [0.3, 0.4) is 0 Å². The summed E-state index contributed by atoms with van der Waals surface area (Å²) in [4.78, 5) is 35.7. The molecule has 1 saturated heterocycles. The van der Waals surface area contributed by atoms with Crippen LogP contribution in [0.1, 0.15) is 52.0 Å². The highest BCUT2D eigenvalue weighted by Crippen LogP contribution is 2.16. The van der Waals surface area contributed by atoms with Gasteiger partial charge in [-0.3, -0.25) is 14.3 Å². The Balaban J connectivity index is 1.82. The molecular weight excluding hydrogens is 348 g/mol. The molecule has 27 heavy (non-hydrogen) atoms. The van der Waals surface area contributed by atoms with Gasteiger partial charge in [0.25, 0.3) is 11.8 Å². The topological polar surface area (TPSA) is 102 Å². The summed E-state index contributed by atoms with van der Waals surface area (Å²) >= 11 is 0. The van der Waals surface area contributed by atoms with Crippen LogP contribution in [0, 0.1) is 0 Å². The van der Waals surface area contributed by atoms with Crippen molar-refractivity contribution in [3.05, 3.63) is 41.7 Å². The Morgan fingerprint density at radius 2 is 1.85 bits per heavy atom. The molecular formula is C18H24N6O3. The number of amides is 2. The minimum absolute atomic E-state index is 0.0244. The van der Waals surface area contributed by atoms with Crippen LogP contribution < -0.4 is 5.32 Å². The smallest absolute Gasteiger partial charge is 0.274 e. The van der Waals surface area contributed by atoms with Gasteiger partial charge in [-0.25, -0.2) is 9.97 Å². The van der Waals surface area contributed by atoms with Gasteiger partial charge in [-0.1, -0.05) is 0 Å². The molecule has 3 rings (SSSR count). The van der Waals surface area contributed by atoms with E-state index in [0.717, 1.165) is 25.0 Å². The van der Waals surface area contributed by atoms with Crippen molar-refractivity contribution >= 4 is 11.8 Å². The first-order chi connectivity index (χ1) is 13.1. The second-order valence-corrected chi connectivity index (χ2v) is 6.47. The van der Waals surface area contributed by atoms with Crippen molar-refractivity contribution in [3.8, 4) is 0 Å². The maximum absolute atomic E-state index is 12.9. The zero-order valence-corrected chi connectivity index (χ0v) is 15.6. The summed E-state index contributed by atoms with van der Waals surface area (Å²) in [6.07, 6.45) is 7.53. The Morgan fingerprint density at radius 1 is 1.15 bits per heavy atom. The van der Waals surface area contributed by atoms with Crippen molar-refractivity contribution in [1.29, 1.82) is 0 Å². The maximum Gasteiger partial charge on any atom is 0.274 e. The first kappa shape index (κ1) is 19.0. The number of hydrogen-bond acceptors (Lipinski definition) is 6. The van der Waals surface area contributed by atoms with Gasteiger partial charge < -0.3 is 15.0 Å². The molecule has 9 heteroatoms. The van der Waals surface area contributed by atoms with Gasteiger partial charge in [0, 0.05) is 45.8 Å². The number of ether oxygens (including phenoxy) is 1. The molecule has 0 saturated carbocycles. The lowest BCUT2D eigenvalue weighted by Gasteiger charge is -2.26. The Labute approximate surface area is 157 Å². The van der Waals surface area contributed by atoms with Crippen LogP contribution in [-0.2, 0) is 11.8 Å². The second kappa shape index (κ2) is 8.72. The average Bonchev–Trinajstić information content (AvgIpc) is 3.13. The van der Waals surface area contributed by atoms with Crippen molar-refractivity contribution in [2.75, 3.05) is 26.8 Å². The number of carbonyl (C=O) groups excluding carboxylic acids is 2. The zero-order chi connectivity index (χ0) is 19.2. The van der Waals surface area contributed by atoms with E-state index in [4.69, 9.17) is 4.74 Å². The number of aromatic nitrogens is 4. The number of carbonyl (C=O) groups is 2. The predicted octanol–water partition coefficient (Wildman–Crippen LogP) is 0.954. The minimum atomic E-state index is -0.466. The van der Waals surface area contributed by atoms with E-state index in [-0.39, 0.29) is 23.9 Å². The molecule has 2 aromatic heterocycles. The van der Waals surface area contributed by atoms with Crippen LogP contribution in [0.5, 0.6) is 0 Å². The number of nitrogens with one attached hydrogen (secondary N) is 1. The third kappa shape index (κ3) is 4.30. The lowest BCUT2D eigenvalue weighted by atomic mass is 10.1. The number of hydrogen-bond donors (Lipinski definition) is 1. The summed E-state index contributed by atoms with van der Waals surface area (Å²) < 4.78 is 6.89. The van der Waals surface area contributed by atoms with Crippen molar-refractivity contribution in [3.63, 3.8) is 0 Å². The molecule has 0 aliphatic carbocycles. The SMILES string of the molecule is COCC(NC(=O)c1nccnc1C(=O)N1CCCCC1)c1ccnn1C. The van der Waals surface area contributed by atoms with Gasteiger partial charge in [-0.15, -0.1) is 0 Å². The fraction of sp³-hybridized carbons (Fsp3) is 0.500. The average molecular weight is 372 g/mol. The van der Waals surface area contributed by atoms with E-state index in [0.29, 0.717) is 13.1 Å². The summed E-state index contributed by atoms with van der Waals surface area (Å²) in [6, 6.07) is 1.38. The van der Waals surface area contributed by atoms with Gasteiger partial charge in [-0.05, 0) is 25.3 Å². The highest BCUT2D eigenvalue weighted by molar-refractivity contribution is 6.04. The number of aryl methyl sites for hydroxylation is 1. The number of piperidine rings is 1. The molecule has 1 aliphatic rings. The van der Waals surface area contributed by atoms with E-state index in [2.05, 4.69) is 20.4 Å². The van der Waals surface area contributed by atoms with Crippen LogP contribution in [0.2, 0.25) is 0 Å². The lowest BCUT2D eigenvalue weighted by molar-refractivity contribution is 0.0709. The van der Waals surface area contributed by atoms with Crippen LogP contribution in [-0.4, -0.2) is 63.3 Å². The van der Waals surface area contributed by atoms with E-state index in [1.54, 1.807) is 36.0 Å². The molecule has 144 valence electrons. The molecule has 2 aromatic rings. The van der Waals surface area contributed by atoms with Gasteiger partial charge in [0.1, 0.15) is 0 Å². The van der Waals surface area contributed by atoms with Crippen molar-refractivity contribution in [2.45, 2.75) is 25.3 Å². The maximum atomic E-state index is 12.9. The fourth-order valence-electron chi connectivity index (χ4n) is 3.23. The van der Waals surface area contributed by atoms with Crippen LogP contribution >= 0.6 is 0 Å². The van der Waals surface area contributed by atoms with Crippen molar-refractivity contribution < 1.29 is 14.3 Å². The molecule has 9 nitrogen and oxygen atoms in total. The molecule has 3 heterocycles. The Morgan fingerprint density at radius 3 is 2.48 bits per heavy atom. The predicted molar refractivity (Wildman–Crippen MR) is 97.1 cm³/mol. The lowest BCUT2D eigenvalue weighted by Crippen LogP contribution is -2.39. The second-order valence-electron chi connectivity index (χ2n) is 6.47. The molecule has 0 radical (unpaired) electrons. The van der Waals surface area contributed by atoms with Crippen LogP contribution in [0.15, 0.2) is 24.7 Å². The summed E-state index contributed by atoms with van der Waals surface area (Å²) in [5.41, 5.74) is 0.896. The zero-order valence-electron chi connectivity index (χ0n) is 15.6. The van der Waals surface area contributed by atoms with Gasteiger partial charge >= 0.3 is 0 Å². The molecule has 0 aromatic carbocycles. The molecule has 1 atom stereocenters. The summed E-state index contributed by atoms with van der Waals surface area (Å²) in [5.74, 6) is -0.719. The van der Waals surface area contributed by atoms with E-state index >= 15 is 0 Å². The van der Waals surface area contributed by atoms with Gasteiger partial charge in [-0.2, -0.15) is 5.10 Å². The highest BCUT2D eigenvalue weighted by Gasteiger charge is 2.27. The number of likely N-dealkylation sites (tertiary alicyclic amines) is 1. The highest BCUT2D eigenvalue weighted by atomic mass is 16.5. The van der Waals surface area contributed by atoms with E-state index in [9.17, 15) is 9.59 Å². The van der Waals surface area contributed by atoms with Crippen molar-refractivity contribution in [1.82, 2.24) is 30.0 Å². The summed E-state index contributed by atoms with van der Waals surface area (Å²) in [6.45, 7) is 1.62. The normalized spacial score (nSPS) is 15.4. The third-order valence-corrected chi connectivity index (χ3v) is 4.61. The Kier molecular flexibility index (Phi) is 6.12. The quantitative estimate of drug-likeness (QED) is 0.810. The summed E-state index contributed by atoms with van der Waals surface area (Å²) in [5, 5.41) is 7.01. The Hall–Kier alpha value is -2.81. The van der Waals surface area contributed by atoms with E-state index in [1.807, 2.05) is 0 Å². The van der Waals surface area contributed by atoms with Gasteiger partial charge in [0.2, 0.25) is 0 Å². The molecule has 1 aliphatic heterocycles. The number of rotatable bonds is 6. The van der Waals surface area contributed by atoms with E-state index in [1.165, 1.54) is 12.4 Å². The molecule has 0 bridgehead atoms. The van der Waals surface area contributed by atoms with E-state index < -0.39 is 11.9 Å². The largest absolute Gasteiger partial charge is 0.382 e. The van der Waals surface area contributed by atoms with Crippen molar-refractivity contribution in [2.24, 2.45) is 7.05 Å². The first-order valence-electron chi connectivity index (χ1n) is 8.99. The Bertz CT molecular complexity index is 800. The number of nitrogens with zero attached hydrogens (tertiary/aromatic N) is 5. The molecule has 1 N–H and O–H groups in total. The van der Waals surface area contributed by atoms with Crippen LogP contribution in [0.4, 0.5) is 0 Å². The minimum Gasteiger partial charge on any atom is -0.382 e. The first-order valence-corrected chi connectivity index (χ1v) is 8.99. The summed E-state index contributed by atoms with van der Waals surface area (Å²) in [7, 11) is 3.35. The standard InChI is InChI=1S/C18H24N6O3/c1-23-14(6-7-21-23)13(12-27-2)22-17(25)15-16(20-9-8-19-15)18(26)24-10-4-3-5-11-24/h6-9,13H,3-5,10-12H2,1-2H3,(H,22,25). The van der Waals surface area contributed by atoms with Crippen LogP contribution in [0.25, 0.3) is 0 Å². The van der Waals surface area contributed by atoms with Gasteiger partial charge in [0.15, 0.2) is 11.4 Å². The molecule has 1 unspecified atom stereocenters. The molecule has 0 spiro atoms. The molecule has 2 amide bonds. The van der Waals surface area contributed by atoms with Gasteiger partial charge in [0.05, 0.1) is 18.3 Å². The fourth-order valence-corrected chi connectivity index (χ4v) is 3.23. The molecule has 1 fully saturated rings.